The Hall–Kier alpha value is -2.14. The van der Waals surface area contributed by atoms with Crippen molar-refractivity contribution >= 4 is 83.6 Å². The summed E-state index contributed by atoms with van der Waals surface area (Å²) in [6.45, 7) is 19.3. The normalized spacial score (nSPS) is 12.5. The number of aryl methyl sites for hydroxylation is 7. The third kappa shape index (κ3) is 5.41. The van der Waals surface area contributed by atoms with Crippen LogP contribution in [0.15, 0.2) is 12.1 Å². The molecule has 4 nitrogen and oxygen atoms in total. The van der Waals surface area contributed by atoms with E-state index in [-0.39, 0.29) is 40.6 Å². The van der Waals surface area contributed by atoms with Gasteiger partial charge in [0.2, 0.25) is 0 Å². The van der Waals surface area contributed by atoms with Gasteiger partial charge in [-0.05, 0) is 116 Å². The van der Waals surface area contributed by atoms with Crippen LogP contribution in [-0.4, -0.2) is 57.3 Å². The van der Waals surface area contributed by atoms with Crippen LogP contribution < -0.4 is 0 Å². The van der Waals surface area contributed by atoms with Crippen LogP contribution >= 0.6 is 0 Å². The van der Waals surface area contributed by atoms with Crippen LogP contribution in [0, 0.1) is 0 Å². The molecule has 0 amide bonds. The Labute approximate surface area is 279 Å². The quantitative estimate of drug-likeness (QED) is 0.213. The summed E-state index contributed by atoms with van der Waals surface area (Å²) in [5.41, 5.74) is 19.4. The fraction of sp³-hybridized carbons (Fsp3) is 0.444. The van der Waals surface area contributed by atoms with E-state index in [1.165, 1.54) is 61.0 Å². The number of rotatable bonds is 8. The van der Waals surface area contributed by atoms with Crippen LogP contribution in [0.4, 0.5) is 0 Å². The topological polar surface area (TPSA) is 46.5 Å². The Morgan fingerprint density at radius 2 is 1.17 bits per heavy atom. The van der Waals surface area contributed by atoms with E-state index in [0.717, 1.165) is 74.3 Å². The molecule has 0 spiro atoms. The van der Waals surface area contributed by atoms with Crippen molar-refractivity contribution in [1.82, 2.24) is 19.5 Å². The molecule has 8 bridgehead atoms. The summed E-state index contributed by atoms with van der Waals surface area (Å²) in [5.74, 6) is 0. The van der Waals surface area contributed by atoms with E-state index in [1.54, 1.807) is 0 Å². The van der Waals surface area contributed by atoms with Gasteiger partial charge in [0.25, 0.3) is 0 Å². The van der Waals surface area contributed by atoms with Gasteiger partial charge in [0.1, 0.15) is 0 Å². The molecule has 5 rings (SSSR count). The van der Waals surface area contributed by atoms with E-state index >= 15 is 0 Å². The molecule has 3 aromatic heterocycles. The van der Waals surface area contributed by atoms with Crippen LogP contribution in [0.2, 0.25) is 0 Å². The summed E-state index contributed by atoms with van der Waals surface area (Å²) in [6.07, 6.45) is 13.5. The number of hydrogen-bond donors (Lipinski definition) is 1. The molecule has 3 aromatic rings. The summed E-state index contributed by atoms with van der Waals surface area (Å²) < 4.78 is 2.57. The zero-order valence-corrected chi connectivity index (χ0v) is 28.8. The fourth-order valence-electron chi connectivity index (χ4n) is 7.09. The predicted octanol–water partition coefficient (Wildman–Crippen LogP) is 9.15. The molecular weight excluding hydrogens is 529 g/mol. The number of aromatic nitrogens is 4. The molecule has 0 aliphatic carbocycles. The number of nitrogens with one attached hydrogen (secondary N) is 1. The van der Waals surface area contributed by atoms with Crippen molar-refractivity contribution in [3.63, 3.8) is 0 Å². The Balaban J connectivity index is 0.00000215. The number of allylic oxidation sites excluding steroid dienone is 1. The van der Waals surface area contributed by atoms with Gasteiger partial charge in [-0.15, -0.1) is 0 Å². The molecule has 0 fully saturated rings. The largest absolute Gasteiger partial charge is 2.00 e. The second kappa shape index (κ2) is 13.4. The SMILES string of the molecule is CCC1=Cc2cc3nc(cc4c(CC)c(CC)c(c(CC)c5[nH]c(c(CC)c1n2)c(CC)c5CC)n4CC)C=C3.[Ca+2].[H-].[H-]. The molecule has 2 aliphatic rings. The van der Waals surface area contributed by atoms with Gasteiger partial charge < -0.3 is 12.4 Å². The molecule has 5 heteroatoms. The van der Waals surface area contributed by atoms with E-state index in [1.807, 2.05) is 0 Å². The Bertz CT molecular complexity index is 1690. The minimum atomic E-state index is 0. The average Bonchev–Trinajstić information content (AvgIpc) is 3.73. The van der Waals surface area contributed by atoms with Gasteiger partial charge in [0.05, 0.1) is 22.8 Å². The minimum absolute atomic E-state index is 0. The van der Waals surface area contributed by atoms with Crippen LogP contribution in [0.25, 0.3) is 45.9 Å². The first-order chi connectivity index (χ1) is 19.5. The third-order valence-electron chi connectivity index (χ3n) is 8.86. The molecule has 0 saturated heterocycles. The maximum Gasteiger partial charge on any atom is 2.00 e. The first-order valence-corrected chi connectivity index (χ1v) is 15.7. The molecule has 0 saturated carbocycles. The number of nitrogens with zero attached hydrogens (tertiary/aromatic N) is 3. The van der Waals surface area contributed by atoms with Crippen molar-refractivity contribution < 1.29 is 2.85 Å². The smallest absolute Gasteiger partial charge is 1.00 e. The van der Waals surface area contributed by atoms with Crippen LogP contribution in [0.1, 0.15) is 121 Å². The second-order valence-corrected chi connectivity index (χ2v) is 10.8. The first kappa shape index (κ1) is 31.8. The van der Waals surface area contributed by atoms with Gasteiger partial charge in [-0.2, -0.15) is 0 Å². The second-order valence-electron chi connectivity index (χ2n) is 10.8. The third-order valence-corrected chi connectivity index (χ3v) is 8.86. The average molecular weight is 577 g/mol. The van der Waals surface area contributed by atoms with Crippen molar-refractivity contribution in [2.45, 2.75) is 107 Å². The van der Waals surface area contributed by atoms with Gasteiger partial charge in [0, 0.05) is 34.2 Å². The predicted molar refractivity (Wildman–Crippen MR) is 182 cm³/mol. The van der Waals surface area contributed by atoms with E-state index in [0.29, 0.717) is 0 Å². The zero-order valence-electron chi connectivity index (χ0n) is 28.6. The van der Waals surface area contributed by atoms with Gasteiger partial charge in [-0.25, -0.2) is 9.97 Å². The molecular formula is C36H48CaN4. The maximum atomic E-state index is 5.22. The van der Waals surface area contributed by atoms with Crippen molar-refractivity contribution in [2.75, 3.05) is 0 Å². The summed E-state index contributed by atoms with van der Waals surface area (Å²) in [7, 11) is 0. The molecule has 0 unspecified atom stereocenters. The molecule has 1 N–H and O–H groups in total. The van der Waals surface area contributed by atoms with Gasteiger partial charge in [-0.1, -0.05) is 48.5 Å². The molecule has 2 aliphatic heterocycles. The summed E-state index contributed by atoms with van der Waals surface area (Å²) in [6, 6.07) is 4.45. The molecule has 0 atom stereocenters. The molecule has 0 aromatic carbocycles. The summed E-state index contributed by atoms with van der Waals surface area (Å²) in [4.78, 5) is 14.3. The van der Waals surface area contributed by atoms with Crippen molar-refractivity contribution in [3.05, 3.63) is 68.3 Å². The van der Waals surface area contributed by atoms with Crippen LogP contribution in [0.3, 0.4) is 0 Å². The van der Waals surface area contributed by atoms with Crippen molar-refractivity contribution in [2.24, 2.45) is 0 Å². The van der Waals surface area contributed by atoms with Crippen molar-refractivity contribution in [3.8, 4) is 0 Å². The number of hydrogen-bond acceptors (Lipinski definition) is 2. The standard InChI is InChI=1S/C36H46N4.Ca.2H/c1-9-22-19-25-20-23-17-18-24(37-23)21-32-26(10-2)29(13-5)36(40(32)16-8)31(15-7)35-28(12-4)27(11-3)34(39-35)30(14-6)33(22)38-25;;;/h17-21,39H,9-16H2,1-8H3;;;/q;+2;2*-1. The van der Waals surface area contributed by atoms with Crippen LogP contribution in [-0.2, 0) is 45.1 Å². The first-order valence-electron chi connectivity index (χ1n) is 15.7. The van der Waals surface area contributed by atoms with Gasteiger partial charge in [0.15, 0.2) is 0 Å². The number of H-pyrrole nitrogens is 1. The zero-order chi connectivity index (χ0) is 28.6. The molecule has 5 heterocycles. The Morgan fingerprint density at radius 3 is 1.71 bits per heavy atom. The van der Waals surface area contributed by atoms with E-state index in [2.05, 4.69) is 95.3 Å². The number of fused-ring (bicyclic) bond motifs is 8. The van der Waals surface area contributed by atoms with Crippen molar-refractivity contribution in [1.29, 1.82) is 0 Å². The molecule has 214 valence electrons. The van der Waals surface area contributed by atoms with E-state index in [9.17, 15) is 0 Å². The monoisotopic (exact) mass is 576 g/mol. The van der Waals surface area contributed by atoms with E-state index < -0.39 is 0 Å². The van der Waals surface area contributed by atoms with Gasteiger partial charge >= 0.3 is 37.7 Å². The molecule has 0 radical (unpaired) electrons. The fourth-order valence-corrected chi connectivity index (χ4v) is 7.09. The van der Waals surface area contributed by atoms with E-state index in [4.69, 9.17) is 9.97 Å². The Kier molecular flexibility index (Phi) is 10.4. The minimum Gasteiger partial charge on any atom is -1.00 e. The number of aromatic amines is 1. The summed E-state index contributed by atoms with van der Waals surface area (Å²) in [5, 5.41) is 0. The molecule has 41 heavy (non-hydrogen) atoms. The van der Waals surface area contributed by atoms with Gasteiger partial charge in [-0.3, -0.25) is 0 Å². The Morgan fingerprint density at radius 1 is 0.610 bits per heavy atom. The van der Waals surface area contributed by atoms with Crippen LogP contribution in [0.5, 0.6) is 0 Å². The maximum absolute atomic E-state index is 5.22. The summed E-state index contributed by atoms with van der Waals surface area (Å²) >= 11 is 0.